The molecule has 5 nitrogen and oxygen atoms in total. The highest BCUT2D eigenvalue weighted by Gasteiger charge is 2.53. The van der Waals surface area contributed by atoms with Crippen LogP contribution in [-0.4, -0.2) is 23.2 Å². The number of nitrogens with zero attached hydrogens (tertiary/aromatic N) is 2. The van der Waals surface area contributed by atoms with Crippen molar-refractivity contribution in [2.45, 2.75) is 31.6 Å². The summed E-state index contributed by atoms with van der Waals surface area (Å²) in [7, 11) is 1.63. The smallest absolute Gasteiger partial charge is 0.236 e. The number of carbonyl (C=O) groups excluding carboxylic acids is 1. The number of aromatic nitrogens is 2. The molecular weight excluding hydrogens is 286 g/mol. The lowest BCUT2D eigenvalue weighted by Gasteiger charge is -2.17. The molecule has 0 bridgehead atoms. The van der Waals surface area contributed by atoms with Crippen LogP contribution >= 0.6 is 11.3 Å². The standard InChI is InChI=1S/C15H17N3O2S/c1-3-12-17-18-14(21-12)16-13(19)15(8-9-15)10-6-4-5-7-11(10)20-2/h4-7H,3,8-9H2,1-2H3,(H,16,18,19). The number of para-hydroxylation sites is 1. The topological polar surface area (TPSA) is 64.1 Å². The van der Waals surface area contributed by atoms with Crippen LogP contribution in [-0.2, 0) is 16.6 Å². The summed E-state index contributed by atoms with van der Waals surface area (Å²) in [6.45, 7) is 2.02. The molecule has 0 unspecified atom stereocenters. The van der Waals surface area contributed by atoms with Crippen LogP contribution in [0.5, 0.6) is 5.75 Å². The van der Waals surface area contributed by atoms with Gasteiger partial charge in [0.1, 0.15) is 10.8 Å². The van der Waals surface area contributed by atoms with Crippen LogP contribution in [0, 0.1) is 0 Å². The SMILES string of the molecule is CCc1nnc(NC(=O)C2(c3ccccc3OC)CC2)s1. The first kappa shape index (κ1) is 14.0. The van der Waals surface area contributed by atoms with Gasteiger partial charge in [0.15, 0.2) is 0 Å². The van der Waals surface area contributed by atoms with Crippen LogP contribution in [0.25, 0.3) is 0 Å². The van der Waals surface area contributed by atoms with E-state index in [0.29, 0.717) is 5.13 Å². The number of methoxy groups -OCH3 is 1. The van der Waals surface area contributed by atoms with Gasteiger partial charge in [0.05, 0.1) is 12.5 Å². The number of amides is 1. The molecule has 0 saturated heterocycles. The second-order valence-corrected chi connectivity index (χ2v) is 6.15. The lowest BCUT2D eigenvalue weighted by atomic mass is 9.94. The first-order chi connectivity index (χ1) is 10.2. The molecule has 2 aromatic rings. The molecule has 1 aliphatic rings. The number of hydrogen-bond donors (Lipinski definition) is 1. The third-order valence-corrected chi connectivity index (χ3v) is 4.78. The van der Waals surface area contributed by atoms with Crippen molar-refractivity contribution in [1.82, 2.24) is 10.2 Å². The summed E-state index contributed by atoms with van der Waals surface area (Å²) in [4.78, 5) is 12.6. The van der Waals surface area contributed by atoms with Crippen molar-refractivity contribution in [3.8, 4) is 5.75 Å². The third-order valence-electron chi connectivity index (χ3n) is 3.80. The Kier molecular flexibility index (Phi) is 3.63. The van der Waals surface area contributed by atoms with Crippen LogP contribution in [0.15, 0.2) is 24.3 Å². The lowest BCUT2D eigenvalue weighted by molar-refractivity contribution is -0.118. The zero-order chi connectivity index (χ0) is 14.9. The van der Waals surface area contributed by atoms with E-state index in [9.17, 15) is 4.79 Å². The van der Waals surface area contributed by atoms with E-state index < -0.39 is 5.41 Å². The molecule has 1 aliphatic carbocycles. The van der Waals surface area contributed by atoms with E-state index in [4.69, 9.17) is 4.74 Å². The van der Waals surface area contributed by atoms with Gasteiger partial charge in [0.25, 0.3) is 0 Å². The molecule has 0 atom stereocenters. The summed E-state index contributed by atoms with van der Waals surface area (Å²) in [6.07, 6.45) is 2.49. The van der Waals surface area contributed by atoms with Gasteiger partial charge in [-0.15, -0.1) is 10.2 Å². The predicted molar refractivity (Wildman–Crippen MR) is 81.8 cm³/mol. The van der Waals surface area contributed by atoms with E-state index in [1.54, 1.807) is 7.11 Å². The van der Waals surface area contributed by atoms with Crippen LogP contribution in [0.2, 0.25) is 0 Å². The monoisotopic (exact) mass is 303 g/mol. The molecule has 0 aliphatic heterocycles. The molecule has 1 fully saturated rings. The van der Waals surface area contributed by atoms with E-state index in [2.05, 4.69) is 15.5 Å². The average molecular weight is 303 g/mol. The molecule has 110 valence electrons. The molecule has 1 saturated carbocycles. The van der Waals surface area contributed by atoms with Gasteiger partial charge < -0.3 is 4.74 Å². The first-order valence-corrected chi connectivity index (χ1v) is 7.78. The summed E-state index contributed by atoms with van der Waals surface area (Å²) in [5.41, 5.74) is 0.468. The van der Waals surface area contributed by atoms with Gasteiger partial charge >= 0.3 is 0 Å². The van der Waals surface area contributed by atoms with Crippen molar-refractivity contribution in [2.75, 3.05) is 12.4 Å². The fraction of sp³-hybridized carbons (Fsp3) is 0.400. The predicted octanol–water partition coefficient (Wildman–Crippen LogP) is 2.78. The molecule has 0 radical (unpaired) electrons. The maximum absolute atomic E-state index is 12.6. The number of anilines is 1. The second kappa shape index (κ2) is 5.44. The van der Waals surface area contributed by atoms with Crippen LogP contribution in [0.1, 0.15) is 30.3 Å². The maximum Gasteiger partial charge on any atom is 0.236 e. The van der Waals surface area contributed by atoms with Crippen molar-refractivity contribution in [3.05, 3.63) is 34.8 Å². The van der Waals surface area contributed by atoms with Gasteiger partial charge in [-0.1, -0.05) is 36.5 Å². The maximum atomic E-state index is 12.6. The Balaban J connectivity index is 1.83. The Morgan fingerprint density at radius 3 is 2.76 bits per heavy atom. The molecule has 1 N–H and O–H groups in total. The fourth-order valence-corrected chi connectivity index (χ4v) is 3.12. The summed E-state index contributed by atoms with van der Waals surface area (Å²) in [5.74, 6) is 0.738. The summed E-state index contributed by atoms with van der Waals surface area (Å²) in [5, 5.41) is 12.4. The van der Waals surface area contributed by atoms with Crippen molar-refractivity contribution in [2.24, 2.45) is 0 Å². The fourth-order valence-electron chi connectivity index (χ4n) is 2.45. The highest BCUT2D eigenvalue weighted by molar-refractivity contribution is 7.15. The van der Waals surface area contributed by atoms with E-state index in [0.717, 1.165) is 35.6 Å². The number of rotatable bonds is 5. The molecule has 1 aromatic heterocycles. The molecular formula is C15H17N3O2S. The minimum atomic E-state index is -0.481. The molecule has 21 heavy (non-hydrogen) atoms. The summed E-state index contributed by atoms with van der Waals surface area (Å²) in [6, 6.07) is 7.70. The highest BCUT2D eigenvalue weighted by Crippen LogP contribution is 2.52. The van der Waals surface area contributed by atoms with Crippen molar-refractivity contribution >= 4 is 22.4 Å². The van der Waals surface area contributed by atoms with Gasteiger partial charge in [0, 0.05) is 5.56 Å². The number of carbonyl (C=O) groups is 1. The van der Waals surface area contributed by atoms with Gasteiger partial charge in [0.2, 0.25) is 11.0 Å². The normalized spacial score (nSPS) is 15.5. The molecule has 6 heteroatoms. The second-order valence-electron chi connectivity index (χ2n) is 5.09. The van der Waals surface area contributed by atoms with Gasteiger partial charge in [-0.25, -0.2) is 0 Å². The quantitative estimate of drug-likeness (QED) is 0.922. The van der Waals surface area contributed by atoms with E-state index in [-0.39, 0.29) is 5.91 Å². The van der Waals surface area contributed by atoms with Crippen LogP contribution < -0.4 is 10.1 Å². The average Bonchev–Trinajstić information content (AvgIpc) is 3.21. The summed E-state index contributed by atoms with van der Waals surface area (Å²) < 4.78 is 5.39. The highest BCUT2D eigenvalue weighted by atomic mass is 32.1. The zero-order valence-corrected chi connectivity index (χ0v) is 12.9. The van der Waals surface area contributed by atoms with Gasteiger partial charge in [-0.05, 0) is 25.3 Å². The minimum Gasteiger partial charge on any atom is -0.496 e. The number of nitrogens with one attached hydrogen (secondary N) is 1. The van der Waals surface area contributed by atoms with Crippen LogP contribution in [0.3, 0.4) is 0 Å². The zero-order valence-electron chi connectivity index (χ0n) is 12.0. The van der Waals surface area contributed by atoms with Gasteiger partial charge in [-0.3, -0.25) is 10.1 Å². The Labute approximate surface area is 127 Å². The van der Waals surface area contributed by atoms with E-state index in [1.165, 1.54) is 11.3 Å². The Morgan fingerprint density at radius 1 is 1.38 bits per heavy atom. The summed E-state index contributed by atoms with van der Waals surface area (Å²) >= 11 is 1.42. The Hall–Kier alpha value is -1.95. The molecule has 1 amide bonds. The molecule has 3 rings (SSSR count). The van der Waals surface area contributed by atoms with Crippen LogP contribution in [0.4, 0.5) is 5.13 Å². The number of aryl methyl sites for hydroxylation is 1. The van der Waals surface area contributed by atoms with Crippen molar-refractivity contribution in [3.63, 3.8) is 0 Å². The largest absolute Gasteiger partial charge is 0.496 e. The molecule has 1 aromatic carbocycles. The minimum absolute atomic E-state index is 0.0224. The number of benzene rings is 1. The van der Waals surface area contributed by atoms with Crippen molar-refractivity contribution in [1.29, 1.82) is 0 Å². The van der Waals surface area contributed by atoms with Crippen molar-refractivity contribution < 1.29 is 9.53 Å². The third kappa shape index (κ3) is 2.51. The van der Waals surface area contributed by atoms with E-state index >= 15 is 0 Å². The van der Waals surface area contributed by atoms with Gasteiger partial charge in [-0.2, -0.15) is 0 Å². The Bertz CT molecular complexity index is 664. The lowest BCUT2D eigenvalue weighted by Crippen LogP contribution is -2.28. The number of ether oxygens (including phenoxy) is 1. The molecule has 0 spiro atoms. The number of hydrogen-bond acceptors (Lipinski definition) is 5. The first-order valence-electron chi connectivity index (χ1n) is 6.97. The van der Waals surface area contributed by atoms with E-state index in [1.807, 2.05) is 31.2 Å². The Morgan fingerprint density at radius 2 is 2.14 bits per heavy atom. The molecule has 1 heterocycles.